The molecule has 1 aliphatic heterocycles. The molecule has 0 atom stereocenters. The number of anilines is 2. The van der Waals surface area contributed by atoms with Gasteiger partial charge in [-0.2, -0.15) is 0 Å². The summed E-state index contributed by atoms with van der Waals surface area (Å²) in [6, 6.07) is 11.3. The first-order valence-electron chi connectivity index (χ1n) is 9.08. The van der Waals surface area contributed by atoms with E-state index in [1.807, 2.05) is 37.3 Å². The van der Waals surface area contributed by atoms with Crippen molar-refractivity contribution in [3.05, 3.63) is 63.1 Å². The first-order valence-corrected chi connectivity index (χ1v) is 9.89. The van der Waals surface area contributed by atoms with Crippen LogP contribution < -0.4 is 16.4 Å². The summed E-state index contributed by atoms with van der Waals surface area (Å²) in [7, 11) is 0. The fourth-order valence-electron chi connectivity index (χ4n) is 3.44. The third kappa shape index (κ3) is 3.30. The monoisotopic (exact) mass is 391 g/mol. The number of rotatable bonds is 4. The number of fused-ring (bicyclic) bond motifs is 1. The maximum absolute atomic E-state index is 12.8. The van der Waals surface area contributed by atoms with E-state index in [9.17, 15) is 4.79 Å². The predicted octanol–water partition coefficient (Wildman–Crippen LogP) is 3.60. The minimum absolute atomic E-state index is 0.195. The third-order valence-corrected chi connectivity index (χ3v) is 6.05. The molecule has 0 aliphatic carbocycles. The van der Waals surface area contributed by atoms with Gasteiger partial charge in [-0.15, -0.1) is 11.3 Å². The van der Waals surface area contributed by atoms with Crippen molar-refractivity contribution in [3.63, 3.8) is 0 Å². The Kier molecular flexibility index (Phi) is 4.93. The number of benzene rings is 2. The number of hydrogen-bond acceptors (Lipinski definition) is 6. The van der Waals surface area contributed by atoms with Crippen LogP contribution in [0.25, 0.3) is 11.1 Å². The SMILES string of the molecule is Cc1c(NC(=O)c2nc3c(s2)CNCC3)cccc1-c1cccc(N)c1C=N. The molecule has 0 bridgehead atoms. The standard InChI is InChI=1S/C21H21N5OS/c1-12-13(14-5-2-6-16(23)15(14)10-22)4-3-7-17(12)25-20(27)21-26-18-8-9-24-11-19(18)28-21/h2-7,10,22,24H,8-9,11,23H2,1H3,(H,25,27). The number of nitrogen functional groups attached to an aromatic ring is 1. The van der Waals surface area contributed by atoms with E-state index in [4.69, 9.17) is 11.1 Å². The number of thiazole rings is 1. The number of amides is 1. The molecule has 0 saturated heterocycles. The Labute approximate surface area is 167 Å². The van der Waals surface area contributed by atoms with Crippen LogP contribution in [0, 0.1) is 12.3 Å². The molecule has 28 heavy (non-hydrogen) atoms. The summed E-state index contributed by atoms with van der Waals surface area (Å²) in [6.07, 6.45) is 2.12. The fraction of sp³-hybridized carbons (Fsp3) is 0.190. The molecule has 7 heteroatoms. The zero-order chi connectivity index (χ0) is 19.7. The second-order valence-electron chi connectivity index (χ2n) is 6.70. The zero-order valence-corrected chi connectivity index (χ0v) is 16.3. The van der Waals surface area contributed by atoms with E-state index in [1.54, 1.807) is 6.07 Å². The van der Waals surface area contributed by atoms with Gasteiger partial charge in [-0.1, -0.05) is 24.3 Å². The van der Waals surface area contributed by atoms with Gasteiger partial charge in [0, 0.05) is 47.5 Å². The molecule has 0 unspecified atom stereocenters. The van der Waals surface area contributed by atoms with Gasteiger partial charge < -0.3 is 21.8 Å². The third-order valence-electron chi connectivity index (χ3n) is 4.95. The van der Waals surface area contributed by atoms with E-state index in [0.29, 0.717) is 16.3 Å². The van der Waals surface area contributed by atoms with Gasteiger partial charge in [0.15, 0.2) is 5.01 Å². The molecule has 1 amide bonds. The molecule has 142 valence electrons. The first-order chi connectivity index (χ1) is 13.6. The molecule has 4 rings (SSSR count). The molecule has 2 aromatic carbocycles. The second kappa shape index (κ2) is 7.53. The van der Waals surface area contributed by atoms with Crippen LogP contribution in [-0.4, -0.2) is 23.7 Å². The summed E-state index contributed by atoms with van der Waals surface area (Å²) in [4.78, 5) is 18.4. The van der Waals surface area contributed by atoms with Crippen LogP contribution in [0.2, 0.25) is 0 Å². The van der Waals surface area contributed by atoms with Crippen molar-refractivity contribution in [1.29, 1.82) is 5.41 Å². The van der Waals surface area contributed by atoms with Gasteiger partial charge in [-0.05, 0) is 35.7 Å². The molecule has 2 heterocycles. The summed E-state index contributed by atoms with van der Waals surface area (Å²) in [6.45, 7) is 3.63. The van der Waals surface area contributed by atoms with Crippen LogP contribution in [0.3, 0.4) is 0 Å². The Morgan fingerprint density at radius 3 is 2.86 bits per heavy atom. The topological polar surface area (TPSA) is 104 Å². The van der Waals surface area contributed by atoms with Crippen molar-refractivity contribution < 1.29 is 4.79 Å². The molecule has 6 nitrogen and oxygen atoms in total. The van der Waals surface area contributed by atoms with Gasteiger partial charge in [0.05, 0.1) is 5.69 Å². The Morgan fingerprint density at radius 1 is 1.29 bits per heavy atom. The van der Waals surface area contributed by atoms with Gasteiger partial charge in [-0.3, -0.25) is 4.79 Å². The molecule has 3 aromatic rings. The van der Waals surface area contributed by atoms with Crippen LogP contribution in [0.1, 0.15) is 31.5 Å². The molecule has 0 saturated carbocycles. The number of carbonyl (C=O) groups excluding carboxylic acids is 1. The highest BCUT2D eigenvalue weighted by molar-refractivity contribution is 7.13. The molecular weight excluding hydrogens is 370 g/mol. The lowest BCUT2D eigenvalue weighted by molar-refractivity contribution is 0.102. The van der Waals surface area contributed by atoms with Gasteiger partial charge in [0.25, 0.3) is 5.91 Å². The average molecular weight is 392 g/mol. The summed E-state index contributed by atoms with van der Waals surface area (Å²) in [5, 5.41) is 14.5. The van der Waals surface area contributed by atoms with Crippen molar-refractivity contribution in [3.8, 4) is 11.1 Å². The van der Waals surface area contributed by atoms with Gasteiger partial charge in [0.2, 0.25) is 0 Å². The van der Waals surface area contributed by atoms with E-state index < -0.39 is 0 Å². The number of nitrogens with one attached hydrogen (secondary N) is 3. The lowest BCUT2D eigenvalue weighted by Gasteiger charge is -2.15. The highest BCUT2D eigenvalue weighted by Gasteiger charge is 2.20. The van der Waals surface area contributed by atoms with Crippen molar-refractivity contribution >= 4 is 34.8 Å². The highest BCUT2D eigenvalue weighted by atomic mass is 32.1. The predicted molar refractivity (Wildman–Crippen MR) is 114 cm³/mol. The average Bonchev–Trinajstić information content (AvgIpc) is 3.14. The number of hydrogen-bond donors (Lipinski definition) is 4. The van der Waals surface area contributed by atoms with Crippen molar-refractivity contribution in [2.75, 3.05) is 17.6 Å². The van der Waals surface area contributed by atoms with Crippen LogP contribution in [0.15, 0.2) is 36.4 Å². The first kappa shape index (κ1) is 18.3. The molecule has 1 aromatic heterocycles. The van der Waals surface area contributed by atoms with Crippen LogP contribution in [-0.2, 0) is 13.0 Å². The summed E-state index contributed by atoms with van der Waals surface area (Å²) in [5.41, 5.74) is 11.7. The van der Waals surface area contributed by atoms with E-state index in [1.165, 1.54) is 17.6 Å². The van der Waals surface area contributed by atoms with Crippen molar-refractivity contribution in [2.24, 2.45) is 0 Å². The maximum atomic E-state index is 12.8. The minimum atomic E-state index is -0.195. The Hall–Kier alpha value is -3.03. The normalized spacial score (nSPS) is 13.0. The maximum Gasteiger partial charge on any atom is 0.284 e. The minimum Gasteiger partial charge on any atom is -0.398 e. The zero-order valence-electron chi connectivity index (χ0n) is 15.5. The quantitative estimate of drug-likeness (QED) is 0.403. The van der Waals surface area contributed by atoms with Gasteiger partial charge in [0.1, 0.15) is 0 Å². The van der Waals surface area contributed by atoms with Crippen molar-refractivity contribution in [2.45, 2.75) is 19.9 Å². The number of carbonyl (C=O) groups is 1. The Balaban J connectivity index is 1.66. The number of nitrogens with zero attached hydrogens (tertiary/aromatic N) is 1. The Morgan fingerprint density at radius 2 is 2.07 bits per heavy atom. The molecule has 5 N–H and O–H groups in total. The highest BCUT2D eigenvalue weighted by Crippen LogP contribution is 2.33. The van der Waals surface area contributed by atoms with E-state index in [2.05, 4.69) is 15.6 Å². The smallest absolute Gasteiger partial charge is 0.284 e. The molecular formula is C21H21N5OS. The molecule has 0 spiro atoms. The lowest BCUT2D eigenvalue weighted by Crippen LogP contribution is -2.22. The van der Waals surface area contributed by atoms with Gasteiger partial charge >= 0.3 is 0 Å². The second-order valence-corrected chi connectivity index (χ2v) is 7.78. The largest absolute Gasteiger partial charge is 0.398 e. The summed E-state index contributed by atoms with van der Waals surface area (Å²) >= 11 is 1.45. The fourth-order valence-corrected chi connectivity index (χ4v) is 4.41. The van der Waals surface area contributed by atoms with E-state index in [0.717, 1.165) is 52.5 Å². The van der Waals surface area contributed by atoms with E-state index in [-0.39, 0.29) is 5.91 Å². The van der Waals surface area contributed by atoms with Gasteiger partial charge in [-0.25, -0.2) is 4.98 Å². The van der Waals surface area contributed by atoms with Crippen LogP contribution >= 0.6 is 11.3 Å². The summed E-state index contributed by atoms with van der Waals surface area (Å²) in [5.74, 6) is -0.195. The number of aromatic nitrogens is 1. The Bertz CT molecular complexity index is 1050. The lowest BCUT2D eigenvalue weighted by atomic mass is 9.94. The molecule has 1 aliphatic rings. The van der Waals surface area contributed by atoms with Crippen LogP contribution in [0.4, 0.5) is 11.4 Å². The summed E-state index contributed by atoms with van der Waals surface area (Å²) < 4.78 is 0. The van der Waals surface area contributed by atoms with Crippen LogP contribution in [0.5, 0.6) is 0 Å². The molecule has 0 fully saturated rings. The number of nitrogens with two attached hydrogens (primary N) is 1. The van der Waals surface area contributed by atoms with Crippen molar-refractivity contribution in [1.82, 2.24) is 10.3 Å². The van der Waals surface area contributed by atoms with E-state index >= 15 is 0 Å². The molecule has 0 radical (unpaired) electrons.